The van der Waals surface area contributed by atoms with Crippen LogP contribution in [0.3, 0.4) is 0 Å². The molecule has 0 N–H and O–H groups in total. The number of carbonyl (C=O) groups is 3. The zero-order valence-electron chi connectivity index (χ0n) is 11.7. The van der Waals surface area contributed by atoms with E-state index in [0.717, 1.165) is 4.90 Å². The molecule has 1 heterocycles. The number of likely N-dealkylation sites (tertiary alicyclic amines) is 1. The number of benzene rings is 1. The van der Waals surface area contributed by atoms with Crippen LogP contribution in [0.2, 0.25) is 0 Å². The zero-order chi connectivity index (χ0) is 15.4. The Morgan fingerprint density at radius 1 is 1.24 bits per heavy atom. The van der Waals surface area contributed by atoms with E-state index in [9.17, 15) is 14.4 Å². The van der Waals surface area contributed by atoms with Crippen molar-refractivity contribution < 1.29 is 19.1 Å². The summed E-state index contributed by atoms with van der Waals surface area (Å²) in [5, 5.41) is 0. The van der Waals surface area contributed by atoms with Gasteiger partial charge in [-0.3, -0.25) is 19.3 Å². The summed E-state index contributed by atoms with van der Waals surface area (Å²) in [4.78, 5) is 37.1. The van der Waals surface area contributed by atoms with Gasteiger partial charge < -0.3 is 4.74 Å². The molecular weight excluding hydrogens is 338 g/mol. The van der Waals surface area contributed by atoms with Gasteiger partial charge in [-0.2, -0.15) is 0 Å². The second-order valence-corrected chi connectivity index (χ2v) is 5.71. The third kappa shape index (κ3) is 3.69. The molecule has 0 aromatic heterocycles. The van der Waals surface area contributed by atoms with Crippen LogP contribution in [0.25, 0.3) is 0 Å². The van der Waals surface area contributed by atoms with E-state index >= 15 is 0 Å². The number of halogens is 1. The summed E-state index contributed by atoms with van der Waals surface area (Å²) in [5.74, 6) is -0.174. The zero-order valence-corrected chi connectivity index (χ0v) is 13.3. The van der Waals surface area contributed by atoms with Gasteiger partial charge in [0, 0.05) is 18.4 Å². The van der Waals surface area contributed by atoms with Crippen LogP contribution in [0.5, 0.6) is 5.75 Å². The Morgan fingerprint density at radius 3 is 2.38 bits per heavy atom. The van der Waals surface area contributed by atoms with E-state index in [1.165, 1.54) is 7.11 Å². The fraction of sp³-hybridized carbons (Fsp3) is 0.400. The molecule has 1 aliphatic rings. The van der Waals surface area contributed by atoms with Gasteiger partial charge in [0.25, 0.3) is 0 Å². The highest BCUT2D eigenvalue weighted by atomic mass is 79.9. The number of methoxy groups -OCH3 is 1. The molecule has 0 aliphatic carbocycles. The Labute approximate surface area is 131 Å². The van der Waals surface area contributed by atoms with Crippen LogP contribution in [0.1, 0.15) is 36.0 Å². The number of carbonyl (C=O) groups excluding carboxylic acids is 3. The lowest BCUT2D eigenvalue weighted by molar-refractivity contribution is -0.143. The molecule has 21 heavy (non-hydrogen) atoms. The molecule has 0 saturated carbocycles. The monoisotopic (exact) mass is 353 g/mol. The van der Waals surface area contributed by atoms with Crippen LogP contribution in [0.15, 0.2) is 22.7 Å². The summed E-state index contributed by atoms with van der Waals surface area (Å²) in [7, 11) is 1.54. The molecule has 1 aromatic rings. The van der Waals surface area contributed by atoms with E-state index in [1.807, 2.05) is 0 Å². The largest absolute Gasteiger partial charge is 0.496 e. The predicted octanol–water partition coefficient (Wildman–Crippen LogP) is 2.57. The number of hydrogen-bond donors (Lipinski definition) is 0. The normalized spacial score (nSPS) is 15.8. The number of Topliss-reactive ketones (excluding diaryl/α,β-unsaturated/α-hetero) is 1. The minimum Gasteiger partial charge on any atom is -0.496 e. The maximum absolute atomic E-state index is 12.3. The minimum absolute atomic E-state index is 0.198. The van der Waals surface area contributed by atoms with E-state index in [-0.39, 0.29) is 24.1 Å². The molecular formula is C15H16BrNO4. The van der Waals surface area contributed by atoms with Crippen molar-refractivity contribution in [1.82, 2.24) is 4.90 Å². The van der Waals surface area contributed by atoms with Crippen molar-refractivity contribution in [2.24, 2.45) is 0 Å². The first kappa shape index (κ1) is 15.7. The summed E-state index contributed by atoms with van der Waals surface area (Å²) >= 11 is 3.31. The van der Waals surface area contributed by atoms with Crippen molar-refractivity contribution in [1.29, 1.82) is 0 Å². The molecule has 2 amide bonds. The second-order valence-electron chi connectivity index (χ2n) is 4.85. The molecule has 1 aliphatic heterocycles. The molecule has 5 nitrogen and oxygen atoms in total. The van der Waals surface area contributed by atoms with Crippen LogP contribution in [0.4, 0.5) is 0 Å². The maximum atomic E-state index is 12.3. The van der Waals surface area contributed by atoms with Crippen molar-refractivity contribution in [2.75, 3.05) is 13.7 Å². The first-order valence-electron chi connectivity index (χ1n) is 6.73. The van der Waals surface area contributed by atoms with Crippen molar-refractivity contribution in [3.8, 4) is 5.75 Å². The van der Waals surface area contributed by atoms with Crippen molar-refractivity contribution in [3.05, 3.63) is 28.2 Å². The van der Waals surface area contributed by atoms with Crippen LogP contribution in [-0.4, -0.2) is 36.2 Å². The first-order valence-corrected chi connectivity index (χ1v) is 7.52. The predicted molar refractivity (Wildman–Crippen MR) is 80.2 cm³/mol. The molecule has 0 atom stereocenters. The van der Waals surface area contributed by atoms with E-state index in [4.69, 9.17) is 4.74 Å². The fourth-order valence-corrected chi connectivity index (χ4v) is 2.75. The van der Waals surface area contributed by atoms with Crippen molar-refractivity contribution in [2.45, 2.75) is 25.7 Å². The lowest BCUT2D eigenvalue weighted by Gasteiger charge is -2.17. The fourth-order valence-electron chi connectivity index (χ4n) is 2.21. The molecule has 112 valence electrons. The number of rotatable bonds is 4. The van der Waals surface area contributed by atoms with Crippen LogP contribution < -0.4 is 4.74 Å². The van der Waals surface area contributed by atoms with Gasteiger partial charge in [-0.05, 0) is 47.0 Å². The number of ketones is 1. The number of ether oxygens (including phenoxy) is 1. The summed E-state index contributed by atoms with van der Waals surface area (Å²) in [6, 6.07) is 4.93. The summed E-state index contributed by atoms with van der Waals surface area (Å²) in [6.45, 7) is -0.198. The molecule has 1 aromatic carbocycles. The lowest BCUT2D eigenvalue weighted by atomic mass is 10.1. The SMILES string of the molecule is COc1ccc(C(=O)CN2C(=O)CCCCC2=O)cc1Br. The highest BCUT2D eigenvalue weighted by Crippen LogP contribution is 2.26. The molecule has 2 rings (SSSR count). The number of amides is 2. The van der Waals surface area contributed by atoms with Gasteiger partial charge >= 0.3 is 0 Å². The summed E-state index contributed by atoms with van der Waals surface area (Å²) < 4.78 is 5.76. The highest BCUT2D eigenvalue weighted by Gasteiger charge is 2.26. The van der Waals surface area contributed by atoms with Gasteiger partial charge in [0.15, 0.2) is 5.78 Å². The Bertz CT molecular complexity index is 567. The number of imide groups is 1. The lowest BCUT2D eigenvalue weighted by Crippen LogP contribution is -2.39. The average Bonchev–Trinajstić information content (AvgIpc) is 2.62. The van der Waals surface area contributed by atoms with E-state index in [2.05, 4.69) is 15.9 Å². The molecule has 1 fully saturated rings. The van der Waals surface area contributed by atoms with Crippen LogP contribution in [0, 0.1) is 0 Å². The topological polar surface area (TPSA) is 63.7 Å². The summed E-state index contributed by atoms with van der Waals surface area (Å²) in [6.07, 6.45) is 2.04. The van der Waals surface area contributed by atoms with E-state index < -0.39 is 0 Å². The number of nitrogens with zero attached hydrogens (tertiary/aromatic N) is 1. The van der Waals surface area contributed by atoms with Gasteiger partial charge in [-0.25, -0.2) is 0 Å². The Morgan fingerprint density at radius 2 is 1.86 bits per heavy atom. The number of hydrogen-bond acceptors (Lipinski definition) is 4. The third-order valence-corrected chi connectivity index (χ3v) is 4.03. The molecule has 0 bridgehead atoms. The van der Waals surface area contributed by atoms with Crippen molar-refractivity contribution in [3.63, 3.8) is 0 Å². The Balaban J connectivity index is 2.14. The van der Waals surface area contributed by atoms with Gasteiger partial charge in [0.1, 0.15) is 5.75 Å². The van der Waals surface area contributed by atoms with E-state index in [1.54, 1.807) is 18.2 Å². The average molecular weight is 354 g/mol. The van der Waals surface area contributed by atoms with Gasteiger partial charge in [0.2, 0.25) is 11.8 Å². The quantitative estimate of drug-likeness (QED) is 0.616. The maximum Gasteiger partial charge on any atom is 0.229 e. The molecule has 1 saturated heterocycles. The Hall–Kier alpha value is -1.69. The third-order valence-electron chi connectivity index (χ3n) is 3.41. The standard InChI is InChI=1S/C15H16BrNO4/c1-21-13-7-6-10(8-11(13)16)12(18)9-17-14(19)4-2-3-5-15(17)20/h6-8H,2-5,9H2,1H3. The summed E-state index contributed by atoms with van der Waals surface area (Å²) in [5.41, 5.74) is 0.438. The Kier molecular flexibility index (Phi) is 5.12. The molecule has 0 spiro atoms. The van der Waals surface area contributed by atoms with Gasteiger partial charge in [-0.1, -0.05) is 0 Å². The smallest absolute Gasteiger partial charge is 0.229 e. The first-order chi connectivity index (χ1) is 10.0. The molecule has 0 radical (unpaired) electrons. The van der Waals surface area contributed by atoms with Crippen LogP contribution >= 0.6 is 15.9 Å². The van der Waals surface area contributed by atoms with Gasteiger partial charge in [-0.15, -0.1) is 0 Å². The van der Waals surface area contributed by atoms with Crippen LogP contribution in [-0.2, 0) is 9.59 Å². The van der Waals surface area contributed by atoms with E-state index in [0.29, 0.717) is 41.5 Å². The molecule has 6 heteroatoms. The highest BCUT2D eigenvalue weighted by molar-refractivity contribution is 9.10. The minimum atomic E-state index is -0.265. The van der Waals surface area contributed by atoms with Gasteiger partial charge in [0.05, 0.1) is 18.1 Å². The van der Waals surface area contributed by atoms with Crippen molar-refractivity contribution >= 4 is 33.5 Å². The molecule has 0 unspecified atom stereocenters. The second kappa shape index (κ2) is 6.85.